The van der Waals surface area contributed by atoms with E-state index in [1.807, 2.05) is 18.2 Å². The minimum atomic E-state index is 0.233. The van der Waals surface area contributed by atoms with E-state index in [2.05, 4.69) is 9.88 Å². The average molecular weight is 382 g/mol. The maximum absolute atomic E-state index is 9.85. The Labute approximate surface area is 163 Å². The first-order valence-electron chi connectivity index (χ1n) is 10.0. The molecular formula is C20H26N6O2. The molecule has 2 unspecified atom stereocenters. The highest BCUT2D eigenvalue weighted by molar-refractivity contribution is 5.95. The van der Waals surface area contributed by atoms with Crippen LogP contribution in [0.5, 0.6) is 5.75 Å². The molecule has 28 heavy (non-hydrogen) atoms. The van der Waals surface area contributed by atoms with Crippen LogP contribution in [0.15, 0.2) is 18.2 Å². The van der Waals surface area contributed by atoms with Crippen molar-refractivity contribution in [2.45, 2.75) is 37.6 Å². The van der Waals surface area contributed by atoms with Gasteiger partial charge in [-0.2, -0.15) is 4.52 Å². The number of methoxy groups -OCH3 is 1. The summed E-state index contributed by atoms with van der Waals surface area (Å²) < 4.78 is 7.07. The number of aliphatic hydroxyl groups is 1. The number of hydrogen-bond acceptors (Lipinski definition) is 7. The van der Waals surface area contributed by atoms with Gasteiger partial charge in [0.1, 0.15) is 11.3 Å². The fraction of sp³-hybridized carbons (Fsp3) is 0.550. The lowest BCUT2D eigenvalue weighted by Gasteiger charge is -2.36. The van der Waals surface area contributed by atoms with Crippen molar-refractivity contribution in [2.24, 2.45) is 5.92 Å². The molecule has 0 radical (unpaired) electrons. The zero-order chi connectivity index (χ0) is 19.3. The number of rotatable bonds is 5. The molecule has 0 amide bonds. The average Bonchev–Trinajstić information content (AvgIpc) is 3.44. The smallest absolute Gasteiger partial charge is 0.223 e. The zero-order valence-electron chi connectivity index (χ0n) is 16.1. The molecule has 148 valence electrons. The summed E-state index contributed by atoms with van der Waals surface area (Å²) >= 11 is 0. The second-order valence-electron chi connectivity index (χ2n) is 7.95. The third-order valence-electron chi connectivity index (χ3n) is 6.17. The molecule has 1 saturated heterocycles. The van der Waals surface area contributed by atoms with Gasteiger partial charge >= 0.3 is 0 Å². The molecule has 2 atom stereocenters. The highest BCUT2D eigenvalue weighted by Gasteiger charge is 2.37. The Balaban J connectivity index is 1.52. The van der Waals surface area contributed by atoms with Gasteiger partial charge in [0.25, 0.3) is 0 Å². The Kier molecular flexibility index (Phi) is 4.32. The molecule has 1 aliphatic heterocycles. The predicted molar refractivity (Wildman–Crippen MR) is 106 cm³/mol. The molecule has 3 heterocycles. The highest BCUT2D eigenvalue weighted by Crippen LogP contribution is 2.38. The topological polar surface area (TPSA) is 102 Å². The number of anilines is 1. The fourth-order valence-electron chi connectivity index (χ4n) is 4.54. The maximum Gasteiger partial charge on any atom is 0.223 e. The van der Waals surface area contributed by atoms with E-state index in [1.54, 1.807) is 11.6 Å². The molecule has 0 bridgehead atoms. The lowest BCUT2D eigenvalue weighted by molar-refractivity contribution is 0.0808. The SMILES string of the molecule is COc1cccc2c1nc(N)n1nc(C3CCCN(C(CO)C4CC4)C3)nc21. The van der Waals surface area contributed by atoms with Crippen molar-refractivity contribution < 1.29 is 9.84 Å². The summed E-state index contributed by atoms with van der Waals surface area (Å²) in [6, 6.07) is 6.04. The Hall–Kier alpha value is -2.45. The minimum Gasteiger partial charge on any atom is -0.494 e. The van der Waals surface area contributed by atoms with E-state index >= 15 is 0 Å². The van der Waals surface area contributed by atoms with Gasteiger partial charge in [0.2, 0.25) is 5.95 Å². The first-order valence-corrected chi connectivity index (χ1v) is 10.0. The molecule has 1 aromatic carbocycles. The van der Waals surface area contributed by atoms with Crippen molar-refractivity contribution in [3.8, 4) is 5.75 Å². The van der Waals surface area contributed by atoms with E-state index in [1.165, 1.54) is 12.8 Å². The number of nitrogens with two attached hydrogens (primary N) is 1. The number of para-hydroxylation sites is 1. The van der Waals surface area contributed by atoms with Crippen LogP contribution in [0.1, 0.15) is 37.4 Å². The van der Waals surface area contributed by atoms with Crippen LogP contribution in [0, 0.1) is 5.92 Å². The fourth-order valence-corrected chi connectivity index (χ4v) is 4.54. The van der Waals surface area contributed by atoms with Gasteiger partial charge in [-0.1, -0.05) is 6.07 Å². The van der Waals surface area contributed by atoms with E-state index in [-0.39, 0.29) is 18.6 Å². The lowest BCUT2D eigenvalue weighted by atomic mass is 9.95. The van der Waals surface area contributed by atoms with Gasteiger partial charge in [-0.15, -0.1) is 5.10 Å². The second-order valence-corrected chi connectivity index (χ2v) is 7.95. The lowest BCUT2D eigenvalue weighted by Crippen LogP contribution is -2.45. The standard InChI is InChI=1S/C20H26N6O2/c1-28-16-6-2-5-14-17(16)22-20(21)26-19(14)23-18(24-26)13-4-3-9-25(10-13)15(11-27)12-7-8-12/h2,5-6,12-13,15,27H,3-4,7-11H2,1H3,(H2,21,22). The van der Waals surface area contributed by atoms with E-state index in [0.717, 1.165) is 42.8 Å². The van der Waals surface area contributed by atoms with Crippen molar-refractivity contribution in [1.29, 1.82) is 0 Å². The van der Waals surface area contributed by atoms with Gasteiger partial charge in [0.15, 0.2) is 11.5 Å². The van der Waals surface area contributed by atoms with Crippen molar-refractivity contribution in [3.63, 3.8) is 0 Å². The van der Waals surface area contributed by atoms with Crippen LogP contribution < -0.4 is 10.5 Å². The van der Waals surface area contributed by atoms with Gasteiger partial charge < -0.3 is 15.6 Å². The monoisotopic (exact) mass is 382 g/mol. The summed E-state index contributed by atoms with van der Waals surface area (Å²) in [6.45, 7) is 2.15. The molecule has 2 aliphatic rings. The second kappa shape index (κ2) is 6.86. The molecule has 1 saturated carbocycles. The van der Waals surface area contributed by atoms with Crippen molar-refractivity contribution in [3.05, 3.63) is 24.0 Å². The van der Waals surface area contributed by atoms with Gasteiger partial charge in [0.05, 0.1) is 13.7 Å². The van der Waals surface area contributed by atoms with Crippen LogP contribution in [0.3, 0.4) is 0 Å². The third-order valence-corrected chi connectivity index (χ3v) is 6.17. The predicted octanol–water partition coefficient (Wildman–Crippen LogP) is 1.82. The van der Waals surface area contributed by atoms with Crippen molar-refractivity contribution >= 4 is 22.5 Å². The molecule has 2 fully saturated rings. The van der Waals surface area contributed by atoms with E-state index in [9.17, 15) is 5.11 Å². The summed E-state index contributed by atoms with van der Waals surface area (Å²) in [7, 11) is 1.63. The largest absolute Gasteiger partial charge is 0.494 e. The van der Waals surface area contributed by atoms with Gasteiger partial charge in [0, 0.05) is 23.9 Å². The number of ether oxygens (including phenoxy) is 1. The number of nitrogen functional groups attached to an aromatic ring is 1. The Morgan fingerprint density at radius 3 is 2.89 bits per heavy atom. The normalized spacial score (nSPS) is 22.0. The van der Waals surface area contributed by atoms with Crippen LogP contribution >= 0.6 is 0 Å². The first-order chi connectivity index (χ1) is 13.7. The number of benzene rings is 1. The molecule has 5 rings (SSSR count). The summed E-state index contributed by atoms with van der Waals surface area (Å²) in [5, 5.41) is 15.4. The Morgan fingerprint density at radius 2 is 2.14 bits per heavy atom. The van der Waals surface area contributed by atoms with Crippen LogP contribution in [-0.4, -0.2) is 62.4 Å². The van der Waals surface area contributed by atoms with E-state index < -0.39 is 0 Å². The number of nitrogens with zero attached hydrogens (tertiary/aromatic N) is 5. The van der Waals surface area contributed by atoms with Gasteiger partial charge in [-0.25, -0.2) is 9.97 Å². The Morgan fingerprint density at radius 1 is 1.29 bits per heavy atom. The van der Waals surface area contributed by atoms with Crippen LogP contribution in [0.4, 0.5) is 5.95 Å². The number of hydrogen-bond donors (Lipinski definition) is 2. The molecule has 0 spiro atoms. The number of piperidine rings is 1. The molecule has 1 aliphatic carbocycles. The summed E-state index contributed by atoms with van der Waals surface area (Å²) in [5.41, 5.74) is 7.60. The number of fused-ring (bicyclic) bond motifs is 3. The molecule has 8 nitrogen and oxygen atoms in total. The molecular weight excluding hydrogens is 356 g/mol. The molecule has 8 heteroatoms. The molecule has 3 N–H and O–H groups in total. The van der Waals surface area contributed by atoms with Crippen LogP contribution in [0.2, 0.25) is 0 Å². The van der Waals surface area contributed by atoms with Crippen molar-refractivity contribution in [1.82, 2.24) is 24.5 Å². The quantitative estimate of drug-likeness (QED) is 0.694. The summed E-state index contributed by atoms with van der Waals surface area (Å²) in [5.74, 6) is 2.68. The van der Waals surface area contributed by atoms with Crippen LogP contribution in [-0.2, 0) is 0 Å². The van der Waals surface area contributed by atoms with E-state index in [4.69, 9.17) is 20.6 Å². The van der Waals surface area contributed by atoms with Gasteiger partial charge in [-0.05, 0) is 50.3 Å². The molecule has 2 aromatic heterocycles. The summed E-state index contributed by atoms with van der Waals surface area (Å²) in [6.07, 6.45) is 4.60. The number of aromatic nitrogens is 4. The van der Waals surface area contributed by atoms with Gasteiger partial charge in [-0.3, -0.25) is 4.90 Å². The third kappa shape index (κ3) is 2.87. The highest BCUT2D eigenvalue weighted by atomic mass is 16.5. The number of likely N-dealkylation sites (tertiary alicyclic amines) is 1. The molecule has 3 aromatic rings. The van der Waals surface area contributed by atoms with Crippen LogP contribution in [0.25, 0.3) is 16.6 Å². The van der Waals surface area contributed by atoms with Crippen molar-refractivity contribution in [2.75, 3.05) is 32.5 Å². The first kappa shape index (κ1) is 17.6. The zero-order valence-corrected chi connectivity index (χ0v) is 16.1. The minimum absolute atomic E-state index is 0.233. The number of aliphatic hydroxyl groups excluding tert-OH is 1. The maximum atomic E-state index is 9.85. The Bertz CT molecular complexity index is 1010. The summed E-state index contributed by atoms with van der Waals surface area (Å²) in [4.78, 5) is 11.8. The van der Waals surface area contributed by atoms with E-state index in [0.29, 0.717) is 23.1 Å².